The van der Waals surface area contributed by atoms with Crippen LogP contribution in [0.1, 0.15) is 41.5 Å². The van der Waals surface area contributed by atoms with Crippen LogP contribution in [0.2, 0.25) is 0 Å². The van der Waals surface area contributed by atoms with Crippen molar-refractivity contribution in [2.75, 3.05) is 16.8 Å². The minimum absolute atomic E-state index is 0.132. The van der Waals surface area contributed by atoms with Crippen LogP contribution in [0.25, 0.3) is 0 Å². The van der Waals surface area contributed by atoms with Crippen LogP contribution in [0.5, 0.6) is 0 Å². The van der Waals surface area contributed by atoms with Crippen LogP contribution in [0.15, 0.2) is 30.3 Å². The second-order valence-electron chi connectivity index (χ2n) is 8.36. The smallest absolute Gasteiger partial charge is 0.248 e. The number of fused-ring (bicyclic) bond motifs is 1. The van der Waals surface area contributed by atoms with Crippen molar-refractivity contribution in [3.8, 4) is 0 Å². The number of alkyl halides is 2. The van der Waals surface area contributed by atoms with Crippen molar-refractivity contribution >= 4 is 17.3 Å². The first kappa shape index (κ1) is 19.8. The van der Waals surface area contributed by atoms with E-state index < -0.39 is 5.92 Å². The number of benzene rings is 2. The summed E-state index contributed by atoms with van der Waals surface area (Å²) in [5.41, 5.74) is 6.17. The molecule has 0 aromatic heterocycles. The highest BCUT2D eigenvalue weighted by Gasteiger charge is 2.45. The van der Waals surface area contributed by atoms with Gasteiger partial charge in [0.25, 0.3) is 0 Å². The van der Waals surface area contributed by atoms with Gasteiger partial charge in [0.1, 0.15) is 5.82 Å². The number of aryl methyl sites for hydroxylation is 1. The predicted octanol–water partition coefficient (Wildman–Crippen LogP) is 5.38. The van der Waals surface area contributed by atoms with Crippen LogP contribution < -0.4 is 10.2 Å². The Morgan fingerprint density at radius 1 is 1.21 bits per heavy atom. The summed E-state index contributed by atoms with van der Waals surface area (Å²) in [4.78, 5) is 14.6. The van der Waals surface area contributed by atoms with E-state index >= 15 is 0 Å². The Bertz CT molecular complexity index is 932. The standard InChI is InChI=1S/C23H25F3N2O/c1-14-9-17-7-8-28(19-5-3-18(24)4-6-19)13-20(17)15(2)22(14)27-21(29)10-16-11-23(25,26)12-16/h3-6,9,16H,7-8,10-13H2,1-2H3,(H,27,29). The molecule has 1 heterocycles. The molecule has 2 aliphatic rings. The first-order valence-corrected chi connectivity index (χ1v) is 10.0. The fourth-order valence-corrected chi connectivity index (χ4v) is 4.52. The lowest BCUT2D eigenvalue weighted by Gasteiger charge is -2.35. The molecule has 0 bridgehead atoms. The second kappa shape index (κ2) is 7.39. The minimum atomic E-state index is -2.60. The van der Waals surface area contributed by atoms with E-state index in [0.717, 1.165) is 41.0 Å². The second-order valence-corrected chi connectivity index (χ2v) is 8.36. The Balaban J connectivity index is 1.51. The molecule has 2 aromatic carbocycles. The van der Waals surface area contributed by atoms with Crippen molar-refractivity contribution in [2.45, 2.75) is 52.0 Å². The fraction of sp³-hybridized carbons (Fsp3) is 0.435. The third kappa shape index (κ3) is 4.11. The van der Waals surface area contributed by atoms with Gasteiger partial charge in [-0.15, -0.1) is 0 Å². The van der Waals surface area contributed by atoms with Gasteiger partial charge in [0.2, 0.25) is 11.8 Å². The molecule has 1 aliphatic heterocycles. The van der Waals surface area contributed by atoms with Crippen LogP contribution in [0.4, 0.5) is 24.5 Å². The average Bonchev–Trinajstić information content (AvgIpc) is 2.64. The fourth-order valence-electron chi connectivity index (χ4n) is 4.52. The lowest BCUT2D eigenvalue weighted by atomic mass is 9.79. The molecule has 29 heavy (non-hydrogen) atoms. The van der Waals surface area contributed by atoms with Crippen LogP contribution in [-0.4, -0.2) is 18.4 Å². The highest BCUT2D eigenvalue weighted by Crippen LogP contribution is 2.44. The van der Waals surface area contributed by atoms with Crippen molar-refractivity contribution in [2.24, 2.45) is 5.92 Å². The normalized spacial score (nSPS) is 18.2. The van der Waals surface area contributed by atoms with Gasteiger partial charge in [0.15, 0.2) is 0 Å². The highest BCUT2D eigenvalue weighted by molar-refractivity contribution is 5.93. The topological polar surface area (TPSA) is 32.3 Å². The van der Waals surface area contributed by atoms with E-state index in [2.05, 4.69) is 16.3 Å². The van der Waals surface area contributed by atoms with Gasteiger partial charge in [-0.05, 0) is 72.7 Å². The predicted molar refractivity (Wildman–Crippen MR) is 108 cm³/mol. The van der Waals surface area contributed by atoms with E-state index in [0.29, 0.717) is 6.54 Å². The van der Waals surface area contributed by atoms with Crippen molar-refractivity contribution in [3.63, 3.8) is 0 Å². The molecule has 1 fully saturated rings. The maximum Gasteiger partial charge on any atom is 0.248 e. The van der Waals surface area contributed by atoms with Crippen LogP contribution in [0.3, 0.4) is 0 Å². The molecule has 0 atom stereocenters. The number of hydrogen-bond acceptors (Lipinski definition) is 2. The first-order valence-electron chi connectivity index (χ1n) is 10.0. The van der Waals surface area contributed by atoms with Gasteiger partial charge < -0.3 is 10.2 Å². The Kier molecular flexibility index (Phi) is 5.05. The van der Waals surface area contributed by atoms with E-state index in [9.17, 15) is 18.0 Å². The summed E-state index contributed by atoms with van der Waals surface area (Å²) in [6.45, 7) is 5.49. The van der Waals surface area contributed by atoms with Crippen molar-refractivity contribution < 1.29 is 18.0 Å². The Labute approximate surface area is 168 Å². The van der Waals surface area contributed by atoms with Crippen LogP contribution >= 0.6 is 0 Å². The molecule has 0 radical (unpaired) electrons. The Morgan fingerprint density at radius 3 is 2.55 bits per heavy atom. The maximum atomic E-state index is 13.2. The molecule has 4 rings (SSSR count). The summed E-state index contributed by atoms with van der Waals surface area (Å²) in [5.74, 6) is -3.31. The lowest BCUT2D eigenvalue weighted by Crippen LogP contribution is -2.37. The third-order valence-electron chi connectivity index (χ3n) is 6.11. The van der Waals surface area contributed by atoms with Gasteiger partial charge in [-0.25, -0.2) is 13.2 Å². The van der Waals surface area contributed by atoms with E-state index in [1.807, 2.05) is 13.8 Å². The molecule has 0 unspecified atom stereocenters. The van der Waals surface area contributed by atoms with Gasteiger partial charge >= 0.3 is 0 Å². The van der Waals surface area contributed by atoms with Gasteiger partial charge in [-0.3, -0.25) is 4.79 Å². The van der Waals surface area contributed by atoms with E-state index in [1.54, 1.807) is 12.1 Å². The Hall–Kier alpha value is -2.50. The SMILES string of the molecule is Cc1cc2c(c(C)c1NC(=O)CC1CC(F)(F)C1)CN(c1ccc(F)cc1)CC2. The zero-order valence-corrected chi connectivity index (χ0v) is 16.7. The summed E-state index contributed by atoms with van der Waals surface area (Å²) in [5, 5.41) is 2.97. The molecule has 1 amide bonds. The summed E-state index contributed by atoms with van der Waals surface area (Å²) in [7, 11) is 0. The van der Waals surface area contributed by atoms with Gasteiger partial charge in [0.05, 0.1) is 0 Å². The molecule has 0 saturated heterocycles. The highest BCUT2D eigenvalue weighted by atomic mass is 19.3. The monoisotopic (exact) mass is 402 g/mol. The summed E-state index contributed by atoms with van der Waals surface area (Å²) in [6.07, 6.45) is 0.609. The van der Waals surface area contributed by atoms with Gasteiger partial charge in [-0.1, -0.05) is 6.07 Å². The van der Waals surface area contributed by atoms with Gasteiger partial charge in [0, 0.05) is 43.7 Å². The van der Waals surface area contributed by atoms with Crippen LogP contribution in [0, 0.1) is 25.6 Å². The molecule has 1 aliphatic carbocycles. The lowest BCUT2D eigenvalue weighted by molar-refractivity contribution is -0.129. The number of rotatable bonds is 4. The maximum absolute atomic E-state index is 13.2. The Morgan fingerprint density at radius 2 is 1.90 bits per heavy atom. The largest absolute Gasteiger partial charge is 0.367 e. The number of nitrogens with zero attached hydrogens (tertiary/aromatic N) is 1. The van der Waals surface area contributed by atoms with E-state index in [-0.39, 0.29) is 36.9 Å². The summed E-state index contributed by atoms with van der Waals surface area (Å²) >= 11 is 0. The van der Waals surface area contributed by atoms with E-state index in [1.165, 1.54) is 17.7 Å². The zero-order chi connectivity index (χ0) is 20.8. The molecule has 2 aromatic rings. The van der Waals surface area contributed by atoms with Crippen LogP contribution in [-0.2, 0) is 17.8 Å². The molecular formula is C23H25F3N2O. The number of hydrogen-bond donors (Lipinski definition) is 1. The minimum Gasteiger partial charge on any atom is -0.367 e. The number of nitrogens with one attached hydrogen (secondary N) is 1. The molecule has 0 spiro atoms. The summed E-state index contributed by atoms with van der Waals surface area (Å²) in [6, 6.07) is 8.59. The number of halogens is 3. The third-order valence-corrected chi connectivity index (χ3v) is 6.11. The van der Waals surface area contributed by atoms with E-state index in [4.69, 9.17) is 0 Å². The molecule has 1 saturated carbocycles. The quantitative estimate of drug-likeness (QED) is 0.745. The molecule has 154 valence electrons. The summed E-state index contributed by atoms with van der Waals surface area (Å²) < 4.78 is 39.3. The molecular weight excluding hydrogens is 377 g/mol. The zero-order valence-electron chi connectivity index (χ0n) is 16.7. The molecule has 3 nitrogen and oxygen atoms in total. The van der Waals surface area contributed by atoms with Crippen molar-refractivity contribution in [1.82, 2.24) is 0 Å². The number of carbonyl (C=O) groups excluding carboxylic acids is 1. The first-order chi connectivity index (χ1) is 13.7. The number of anilines is 2. The van der Waals surface area contributed by atoms with Crippen molar-refractivity contribution in [1.29, 1.82) is 0 Å². The average molecular weight is 402 g/mol. The van der Waals surface area contributed by atoms with Crippen molar-refractivity contribution in [3.05, 3.63) is 58.4 Å². The number of amides is 1. The number of carbonyl (C=O) groups is 1. The molecule has 6 heteroatoms. The molecule has 1 N–H and O–H groups in total. The van der Waals surface area contributed by atoms with Gasteiger partial charge in [-0.2, -0.15) is 0 Å².